The Morgan fingerprint density at radius 2 is 2.05 bits per heavy atom. The molecule has 7 nitrogen and oxygen atoms in total. The van der Waals surface area contributed by atoms with Gasteiger partial charge in [0.1, 0.15) is 12.0 Å². The number of nitrogen functional groups attached to an aromatic ring is 1. The van der Waals surface area contributed by atoms with Gasteiger partial charge in [0, 0.05) is 12.8 Å². The molecule has 1 heterocycles. The van der Waals surface area contributed by atoms with Crippen LogP contribution in [0.5, 0.6) is 5.88 Å². The first-order chi connectivity index (χ1) is 8.69. The summed E-state index contributed by atoms with van der Waals surface area (Å²) in [5, 5.41) is 2.92. The van der Waals surface area contributed by atoms with Gasteiger partial charge in [0.05, 0.1) is 11.4 Å². The van der Waals surface area contributed by atoms with Crippen LogP contribution in [0.4, 0.5) is 11.5 Å². The van der Waals surface area contributed by atoms with E-state index in [4.69, 9.17) is 10.5 Å². The fraction of sp³-hybridized carbons (Fsp3) is 0.636. The van der Waals surface area contributed by atoms with Gasteiger partial charge in [-0.3, -0.25) is 0 Å². The van der Waals surface area contributed by atoms with Gasteiger partial charge in [-0.1, -0.05) is 0 Å². The Balaban J connectivity index is 2.87. The highest BCUT2D eigenvalue weighted by Crippen LogP contribution is 2.25. The standard InChI is InChI=1S/C11H20N4O3S/c1-5-18-10-8(12)9(14-7-15-10)13-6-11(2,3)19(4,16)17/h7H,5-6,12H2,1-4H3,(H,13,14,15). The van der Waals surface area contributed by atoms with Crippen LogP contribution < -0.4 is 15.8 Å². The van der Waals surface area contributed by atoms with Crippen molar-refractivity contribution < 1.29 is 13.2 Å². The minimum absolute atomic E-state index is 0.193. The Bertz CT molecular complexity index is 543. The maximum absolute atomic E-state index is 11.6. The van der Waals surface area contributed by atoms with Gasteiger partial charge >= 0.3 is 0 Å². The smallest absolute Gasteiger partial charge is 0.242 e. The van der Waals surface area contributed by atoms with Crippen LogP contribution in [-0.2, 0) is 9.84 Å². The van der Waals surface area contributed by atoms with E-state index in [2.05, 4.69) is 15.3 Å². The van der Waals surface area contributed by atoms with Crippen molar-refractivity contribution in [1.29, 1.82) is 0 Å². The quantitative estimate of drug-likeness (QED) is 0.793. The first-order valence-corrected chi connectivity index (χ1v) is 7.75. The van der Waals surface area contributed by atoms with Crippen LogP contribution in [0.3, 0.4) is 0 Å². The fourth-order valence-electron chi connectivity index (χ4n) is 1.20. The van der Waals surface area contributed by atoms with Gasteiger partial charge in [-0.15, -0.1) is 0 Å². The van der Waals surface area contributed by atoms with Crippen molar-refractivity contribution in [1.82, 2.24) is 9.97 Å². The monoisotopic (exact) mass is 288 g/mol. The van der Waals surface area contributed by atoms with E-state index in [-0.39, 0.29) is 18.1 Å². The van der Waals surface area contributed by atoms with E-state index in [9.17, 15) is 8.42 Å². The van der Waals surface area contributed by atoms with Gasteiger partial charge in [0.25, 0.3) is 0 Å². The second-order valence-corrected chi connectivity index (χ2v) is 7.41. The maximum atomic E-state index is 11.6. The normalized spacial score (nSPS) is 12.2. The van der Waals surface area contributed by atoms with Crippen LogP contribution in [0.15, 0.2) is 6.33 Å². The summed E-state index contributed by atoms with van der Waals surface area (Å²) in [7, 11) is -3.18. The number of nitrogens with zero attached hydrogens (tertiary/aromatic N) is 2. The maximum Gasteiger partial charge on any atom is 0.242 e. The summed E-state index contributed by atoms with van der Waals surface area (Å²) in [5.74, 6) is 0.660. The summed E-state index contributed by atoms with van der Waals surface area (Å²) >= 11 is 0. The van der Waals surface area contributed by atoms with Crippen LogP contribution in [-0.4, -0.2) is 42.5 Å². The molecule has 0 atom stereocenters. The predicted molar refractivity (Wildman–Crippen MR) is 75.0 cm³/mol. The summed E-state index contributed by atoms with van der Waals surface area (Å²) in [5.41, 5.74) is 6.12. The molecule has 0 aromatic carbocycles. The molecule has 0 aliphatic heterocycles. The van der Waals surface area contributed by atoms with Crippen molar-refractivity contribution in [2.45, 2.75) is 25.5 Å². The fourth-order valence-corrected chi connectivity index (χ4v) is 1.53. The Hall–Kier alpha value is -1.57. The van der Waals surface area contributed by atoms with E-state index in [0.29, 0.717) is 12.4 Å². The molecule has 1 rings (SSSR count). The molecule has 0 saturated heterocycles. The molecule has 3 N–H and O–H groups in total. The molecule has 0 unspecified atom stereocenters. The zero-order chi connectivity index (χ0) is 14.7. The van der Waals surface area contributed by atoms with Crippen molar-refractivity contribution in [3.05, 3.63) is 6.33 Å². The minimum Gasteiger partial charge on any atom is -0.476 e. The average Bonchev–Trinajstić information content (AvgIpc) is 2.29. The largest absolute Gasteiger partial charge is 0.476 e. The van der Waals surface area contributed by atoms with E-state index in [1.165, 1.54) is 12.6 Å². The predicted octanol–water partition coefficient (Wildman–Crippen LogP) is 0.693. The first kappa shape index (κ1) is 15.5. The minimum atomic E-state index is -3.18. The Kier molecular flexibility index (Phi) is 4.56. The van der Waals surface area contributed by atoms with Gasteiger partial charge in [-0.05, 0) is 20.8 Å². The van der Waals surface area contributed by atoms with Crippen LogP contribution >= 0.6 is 0 Å². The topological polar surface area (TPSA) is 107 Å². The molecular formula is C11H20N4O3S. The van der Waals surface area contributed by atoms with E-state index in [1.54, 1.807) is 13.8 Å². The third kappa shape index (κ3) is 3.69. The number of ether oxygens (including phenoxy) is 1. The number of nitrogens with one attached hydrogen (secondary N) is 1. The molecule has 1 aromatic rings. The molecule has 0 aliphatic rings. The Morgan fingerprint density at radius 1 is 1.42 bits per heavy atom. The van der Waals surface area contributed by atoms with Crippen LogP contribution in [0.25, 0.3) is 0 Å². The molecule has 108 valence electrons. The van der Waals surface area contributed by atoms with Crippen molar-refractivity contribution in [2.75, 3.05) is 30.5 Å². The van der Waals surface area contributed by atoms with Crippen molar-refractivity contribution in [3.63, 3.8) is 0 Å². The molecule has 0 radical (unpaired) electrons. The lowest BCUT2D eigenvalue weighted by molar-refractivity contribution is 0.328. The van der Waals surface area contributed by atoms with Gasteiger partial charge in [-0.25, -0.2) is 13.4 Å². The molecule has 0 spiro atoms. The molecular weight excluding hydrogens is 268 g/mol. The summed E-state index contributed by atoms with van der Waals surface area (Å²) in [6, 6.07) is 0. The number of anilines is 2. The third-order valence-corrected chi connectivity index (χ3v) is 4.97. The number of aromatic nitrogens is 2. The van der Waals surface area contributed by atoms with Gasteiger partial charge in [0.2, 0.25) is 5.88 Å². The second kappa shape index (κ2) is 5.60. The summed E-state index contributed by atoms with van der Waals surface area (Å²) in [4.78, 5) is 7.89. The van der Waals surface area contributed by atoms with E-state index >= 15 is 0 Å². The van der Waals surface area contributed by atoms with Crippen molar-refractivity contribution in [2.24, 2.45) is 0 Å². The summed E-state index contributed by atoms with van der Waals surface area (Å²) in [6.45, 7) is 5.72. The number of hydrogen-bond donors (Lipinski definition) is 2. The van der Waals surface area contributed by atoms with Gasteiger partial charge < -0.3 is 15.8 Å². The number of hydrogen-bond acceptors (Lipinski definition) is 7. The molecule has 0 bridgehead atoms. The number of rotatable bonds is 6. The van der Waals surface area contributed by atoms with E-state index in [0.717, 1.165) is 0 Å². The second-order valence-electron chi connectivity index (χ2n) is 4.76. The van der Waals surface area contributed by atoms with Crippen LogP contribution in [0.1, 0.15) is 20.8 Å². The van der Waals surface area contributed by atoms with E-state index in [1.807, 2.05) is 6.92 Å². The van der Waals surface area contributed by atoms with Crippen molar-refractivity contribution in [3.8, 4) is 5.88 Å². The first-order valence-electron chi connectivity index (χ1n) is 5.86. The molecule has 0 aliphatic carbocycles. The van der Waals surface area contributed by atoms with E-state index < -0.39 is 14.6 Å². The zero-order valence-corrected chi connectivity index (χ0v) is 12.4. The molecule has 1 aromatic heterocycles. The molecule has 19 heavy (non-hydrogen) atoms. The van der Waals surface area contributed by atoms with Crippen molar-refractivity contribution >= 4 is 21.3 Å². The summed E-state index contributed by atoms with van der Waals surface area (Å²) in [6.07, 6.45) is 2.51. The Labute approximate surface area is 113 Å². The lowest BCUT2D eigenvalue weighted by atomic mass is 10.2. The SMILES string of the molecule is CCOc1ncnc(NCC(C)(C)S(C)(=O)=O)c1N. The lowest BCUT2D eigenvalue weighted by Crippen LogP contribution is -2.38. The van der Waals surface area contributed by atoms with Crippen LogP contribution in [0.2, 0.25) is 0 Å². The summed E-state index contributed by atoms with van der Waals surface area (Å²) < 4.78 is 27.5. The van der Waals surface area contributed by atoms with Crippen LogP contribution in [0, 0.1) is 0 Å². The average molecular weight is 288 g/mol. The zero-order valence-electron chi connectivity index (χ0n) is 11.6. The molecule has 0 saturated carbocycles. The van der Waals surface area contributed by atoms with Gasteiger partial charge in [0.15, 0.2) is 15.7 Å². The number of nitrogens with two attached hydrogens (primary N) is 1. The molecule has 0 fully saturated rings. The highest BCUT2D eigenvalue weighted by atomic mass is 32.2. The highest BCUT2D eigenvalue weighted by molar-refractivity contribution is 7.92. The van der Waals surface area contributed by atoms with Gasteiger partial charge in [-0.2, -0.15) is 4.98 Å². The number of sulfone groups is 1. The third-order valence-electron chi connectivity index (χ3n) is 2.81. The Morgan fingerprint density at radius 3 is 2.58 bits per heavy atom. The molecule has 0 amide bonds. The highest BCUT2D eigenvalue weighted by Gasteiger charge is 2.30. The molecule has 8 heteroatoms. The lowest BCUT2D eigenvalue weighted by Gasteiger charge is -2.23.